The van der Waals surface area contributed by atoms with Crippen molar-refractivity contribution in [2.24, 2.45) is 0 Å². The second-order valence-electron chi connectivity index (χ2n) is 4.75. The summed E-state index contributed by atoms with van der Waals surface area (Å²) >= 11 is 11.9. The van der Waals surface area contributed by atoms with Gasteiger partial charge >= 0.3 is 6.03 Å². The smallest absolute Gasteiger partial charge is 0.319 e. The lowest BCUT2D eigenvalue weighted by atomic mass is 10.2. The summed E-state index contributed by atoms with van der Waals surface area (Å²) in [4.78, 5) is 17.5. The average molecular weight is 302 g/mol. The van der Waals surface area contributed by atoms with Gasteiger partial charge in [-0.05, 0) is 18.2 Å². The van der Waals surface area contributed by atoms with E-state index in [0.29, 0.717) is 10.0 Å². The van der Waals surface area contributed by atoms with Crippen molar-refractivity contribution in [2.45, 2.75) is 0 Å². The predicted molar refractivity (Wildman–Crippen MR) is 79.3 cm³/mol. The molecule has 0 saturated carbocycles. The van der Waals surface area contributed by atoms with Crippen LogP contribution in [0.4, 0.5) is 10.5 Å². The first-order chi connectivity index (χ1) is 8.99. The summed E-state index contributed by atoms with van der Waals surface area (Å²) in [5.74, 6) is 0. The van der Waals surface area contributed by atoms with Gasteiger partial charge < -0.3 is 14.7 Å². The number of halogens is 2. The van der Waals surface area contributed by atoms with E-state index in [9.17, 15) is 4.79 Å². The third kappa shape index (κ3) is 3.25. The highest BCUT2D eigenvalue weighted by Gasteiger charge is 2.22. The van der Waals surface area contributed by atoms with Crippen molar-refractivity contribution in [3.05, 3.63) is 28.2 Å². The van der Waals surface area contributed by atoms with Crippen LogP contribution >= 0.6 is 23.2 Å². The van der Waals surface area contributed by atoms with E-state index in [1.165, 1.54) is 0 Å². The number of carbonyl (C=O) groups is 1. The molecule has 19 heavy (non-hydrogen) atoms. The van der Waals surface area contributed by atoms with Crippen LogP contribution in [0.25, 0.3) is 0 Å². The maximum atomic E-state index is 11.8. The normalized spacial score (nSPS) is 15.6. The number of piperazine rings is 1. The Morgan fingerprint density at radius 3 is 2.26 bits per heavy atom. The summed E-state index contributed by atoms with van der Waals surface area (Å²) in [6.07, 6.45) is 0. The molecule has 1 aliphatic heterocycles. The Kier molecular flexibility index (Phi) is 4.42. The van der Waals surface area contributed by atoms with Gasteiger partial charge in [-0.1, -0.05) is 23.2 Å². The number of nitrogens with zero attached hydrogens (tertiary/aromatic N) is 3. The number of carbonyl (C=O) groups excluding carboxylic acids is 1. The van der Waals surface area contributed by atoms with E-state index in [1.54, 1.807) is 25.1 Å². The summed E-state index contributed by atoms with van der Waals surface area (Å²) in [5, 5.41) is 1.12. The number of anilines is 1. The quantitative estimate of drug-likeness (QED) is 0.797. The lowest BCUT2D eigenvalue weighted by molar-refractivity contribution is 0.168. The average Bonchev–Trinajstić information content (AvgIpc) is 2.41. The van der Waals surface area contributed by atoms with E-state index in [-0.39, 0.29) is 6.03 Å². The van der Waals surface area contributed by atoms with E-state index in [4.69, 9.17) is 23.2 Å². The van der Waals surface area contributed by atoms with Crippen LogP contribution in [0, 0.1) is 0 Å². The Morgan fingerprint density at radius 1 is 1.11 bits per heavy atom. The molecular formula is C13H17Cl2N3O. The molecule has 0 spiro atoms. The second-order valence-corrected chi connectivity index (χ2v) is 5.56. The number of amides is 2. The minimum absolute atomic E-state index is 0.0637. The fourth-order valence-corrected chi connectivity index (χ4v) is 2.41. The largest absolute Gasteiger partial charge is 0.368 e. The number of hydrogen-bond donors (Lipinski definition) is 0. The molecule has 0 aliphatic carbocycles. The molecule has 0 N–H and O–H groups in total. The van der Waals surface area contributed by atoms with Crippen LogP contribution in [0.15, 0.2) is 18.2 Å². The Morgan fingerprint density at radius 2 is 1.74 bits per heavy atom. The third-order valence-corrected chi connectivity index (χ3v) is 3.94. The molecule has 4 nitrogen and oxygen atoms in total. The van der Waals surface area contributed by atoms with E-state index in [2.05, 4.69) is 4.90 Å². The summed E-state index contributed by atoms with van der Waals surface area (Å²) in [6, 6.07) is 5.69. The molecule has 1 heterocycles. The van der Waals surface area contributed by atoms with Crippen LogP contribution in [-0.2, 0) is 0 Å². The number of hydrogen-bond acceptors (Lipinski definition) is 2. The maximum absolute atomic E-state index is 11.8. The SMILES string of the molecule is CN(C)C(=O)N1CCN(c2ccc(Cl)c(Cl)c2)CC1. The highest BCUT2D eigenvalue weighted by atomic mass is 35.5. The molecule has 6 heteroatoms. The van der Waals surface area contributed by atoms with Gasteiger partial charge in [0.05, 0.1) is 10.0 Å². The molecule has 1 aromatic rings. The highest BCUT2D eigenvalue weighted by Crippen LogP contribution is 2.27. The van der Waals surface area contributed by atoms with E-state index in [0.717, 1.165) is 31.9 Å². The minimum Gasteiger partial charge on any atom is -0.368 e. The monoisotopic (exact) mass is 301 g/mol. The molecule has 0 radical (unpaired) electrons. The predicted octanol–water partition coefficient (Wildman–Crippen LogP) is 2.80. The summed E-state index contributed by atoms with van der Waals surface area (Å²) in [5.41, 5.74) is 1.05. The zero-order valence-electron chi connectivity index (χ0n) is 11.1. The highest BCUT2D eigenvalue weighted by molar-refractivity contribution is 6.42. The fraction of sp³-hybridized carbons (Fsp3) is 0.462. The fourth-order valence-electron chi connectivity index (χ4n) is 2.12. The molecule has 104 valence electrons. The molecule has 2 rings (SSSR count). The van der Waals surface area contributed by atoms with Gasteiger partial charge in [0, 0.05) is 46.0 Å². The zero-order chi connectivity index (χ0) is 14.0. The van der Waals surface area contributed by atoms with Gasteiger partial charge in [-0.3, -0.25) is 0 Å². The number of urea groups is 1. The van der Waals surface area contributed by atoms with E-state index in [1.807, 2.05) is 17.0 Å². The van der Waals surface area contributed by atoms with Crippen LogP contribution in [0.1, 0.15) is 0 Å². The standard InChI is InChI=1S/C13H17Cl2N3O/c1-16(2)13(19)18-7-5-17(6-8-18)10-3-4-11(14)12(15)9-10/h3-4,9H,5-8H2,1-2H3. The van der Waals surface area contributed by atoms with Crippen molar-refractivity contribution in [3.63, 3.8) is 0 Å². The Bertz CT molecular complexity index is 471. The Labute approximate surface area is 123 Å². The molecule has 0 bridgehead atoms. The Hall–Kier alpha value is -1.13. The molecule has 1 aromatic carbocycles. The number of benzene rings is 1. The van der Waals surface area contributed by atoms with Gasteiger partial charge in [0.1, 0.15) is 0 Å². The number of rotatable bonds is 1. The molecule has 1 aliphatic rings. The van der Waals surface area contributed by atoms with Gasteiger partial charge in [0.15, 0.2) is 0 Å². The van der Waals surface area contributed by atoms with E-state index >= 15 is 0 Å². The van der Waals surface area contributed by atoms with Crippen molar-refractivity contribution in [1.82, 2.24) is 9.80 Å². The molecule has 0 unspecified atom stereocenters. The van der Waals surface area contributed by atoms with Gasteiger partial charge in [-0.15, -0.1) is 0 Å². The molecule has 0 aromatic heterocycles. The van der Waals surface area contributed by atoms with Crippen LogP contribution in [0.2, 0.25) is 10.0 Å². The van der Waals surface area contributed by atoms with Gasteiger partial charge in [0.25, 0.3) is 0 Å². The first kappa shape index (κ1) is 14.3. The topological polar surface area (TPSA) is 26.8 Å². The van der Waals surface area contributed by atoms with Gasteiger partial charge in [-0.25, -0.2) is 4.79 Å². The summed E-state index contributed by atoms with van der Waals surface area (Å²) in [7, 11) is 3.54. The van der Waals surface area contributed by atoms with Crippen LogP contribution in [0.3, 0.4) is 0 Å². The summed E-state index contributed by atoms with van der Waals surface area (Å²) < 4.78 is 0. The molecular weight excluding hydrogens is 285 g/mol. The van der Waals surface area contributed by atoms with Crippen molar-refractivity contribution >= 4 is 34.9 Å². The van der Waals surface area contributed by atoms with Crippen LogP contribution in [-0.4, -0.2) is 56.1 Å². The van der Waals surface area contributed by atoms with Gasteiger partial charge in [0.2, 0.25) is 0 Å². The lowest BCUT2D eigenvalue weighted by Crippen LogP contribution is -2.51. The molecule has 1 fully saturated rings. The van der Waals surface area contributed by atoms with Crippen molar-refractivity contribution in [2.75, 3.05) is 45.2 Å². The second kappa shape index (κ2) is 5.88. The first-order valence-electron chi connectivity index (χ1n) is 6.15. The van der Waals surface area contributed by atoms with Crippen molar-refractivity contribution in [1.29, 1.82) is 0 Å². The zero-order valence-corrected chi connectivity index (χ0v) is 12.6. The van der Waals surface area contributed by atoms with Crippen LogP contribution in [0.5, 0.6) is 0 Å². The molecule has 1 saturated heterocycles. The Balaban J connectivity index is 2.00. The maximum Gasteiger partial charge on any atom is 0.319 e. The third-order valence-electron chi connectivity index (χ3n) is 3.20. The lowest BCUT2D eigenvalue weighted by Gasteiger charge is -2.37. The van der Waals surface area contributed by atoms with Crippen LogP contribution < -0.4 is 4.90 Å². The summed E-state index contributed by atoms with van der Waals surface area (Å²) in [6.45, 7) is 3.05. The minimum atomic E-state index is 0.0637. The van der Waals surface area contributed by atoms with E-state index < -0.39 is 0 Å². The van der Waals surface area contributed by atoms with Gasteiger partial charge in [-0.2, -0.15) is 0 Å². The first-order valence-corrected chi connectivity index (χ1v) is 6.91. The molecule has 2 amide bonds. The molecule has 0 atom stereocenters. The van der Waals surface area contributed by atoms with Crippen molar-refractivity contribution in [3.8, 4) is 0 Å². The van der Waals surface area contributed by atoms with Crippen molar-refractivity contribution < 1.29 is 4.79 Å².